The second-order valence-corrected chi connectivity index (χ2v) is 17.7. The van der Waals surface area contributed by atoms with Gasteiger partial charge in [0.1, 0.15) is 17.1 Å². The van der Waals surface area contributed by atoms with Crippen LogP contribution in [0.3, 0.4) is 0 Å². The number of rotatable bonds is 16. The van der Waals surface area contributed by atoms with Gasteiger partial charge in [-0.05, 0) is 53.4 Å². The largest absolute Gasteiger partial charge is 0.465 e. The number of carboxylic acid groups (broad SMARTS) is 1. The van der Waals surface area contributed by atoms with Gasteiger partial charge in [0.2, 0.25) is 11.8 Å². The molecule has 2 aromatic carbocycles. The Morgan fingerprint density at radius 1 is 0.825 bits per heavy atom. The molecule has 0 saturated carbocycles. The average molecular weight is 798 g/mol. The summed E-state index contributed by atoms with van der Waals surface area (Å²) >= 11 is 1.49. The summed E-state index contributed by atoms with van der Waals surface area (Å²) in [6.45, 7) is 12.1. The van der Waals surface area contributed by atoms with Gasteiger partial charge in [0.15, 0.2) is 0 Å². The molecular formula is C43H55N7O6S. The summed E-state index contributed by atoms with van der Waals surface area (Å²) in [5.74, 6) is -0.912. The molecule has 0 bridgehead atoms. The minimum atomic E-state index is -1.33. The van der Waals surface area contributed by atoms with Gasteiger partial charge in [-0.15, -0.1) is 11.3 Å². The number of aromatic nitrogens is 2. The Hall–Kier alpha value is -5.34. The molecule has 304 valence electrons. The quantitative estimate of drug-likeness (QED) is 0.0953. The van der Waals surface area contributed by atoms with E-state index in [4.69, 9.17) is 4.98 Å². The zero-order chi connectivity index (χ0) is 41.3. The molecule has 5 rings (SSSR count). The summed E-state index contributed by atoms with van der Waals surface area (Å²) in [6, 6.07) is 19.2. The number of carbonyl (C=O) groups excluding carboxylic acids is 3. The van der Waals surface area contributed by atoms with Crippen LogP contribution in [0.4, 0.5) is 9.59 Å². The number of hydrogen-bond donors (Lipinski definition) is 5. The molecular weight excluding hydrogens is 743 g/mol. The lowest BCUT2D eigenvalue weighted by Gasteiger charge is -2.38. The molecule has 5 amide bonds. The van der Waals surface area contributed by atoms with E-state index in [2.05, 4.69) is 20.9 Å². The molecule has 4 aromatic rings. The predicted molar refractivity (Wildman–Crippen MR) is 220 cm³/mol. The van der Waals surface area contributed by atoms with Crippen molar-refractivity contribution in [2.24, 2.45) is 10.8 Å². The van der Waals surface area contributed by atoms with E-state index in [-0.39, 0.29) is 24.8 Å². The van der Waals surface area contributed by atoms with Crippen LogP contribution in [0.2, 0.25) is 0 Å². The highest BCUT2D eigenvalue weighted by atomic mass is 32.1. The van der Waals surface area contributed by atoms with Crippen LogP contribution in [-0.4, -0.2) is 97.3 Å². The van der Waals surface area contributed by atoms with Gasteiger partial charge in [-0.3, -0.25) is 14.6 Å². The van der Waals surface area contributed by atoms with E-state index in [0.29, 0.717) is 26.1 Å². The number of nitrogens with zero attached hydrogens (tertiary/aromatic N) is 4. The molecule has 1 fully saturated rings. The zero-order valence-corrected chi connectivity index (χ0v) is 34.3. The summed E-state index contributed by atoms with van der Waals surface area (Å²) in [5.41, 5.74) is 2.04. The number of benzene rings is 2. The molecule has 0 radical (unpaired) electrons. The van der Waals surface area contributed by atoms with Crippen molar-refractivity contribution >= 4 is 35.3 Å². The first-order valence-electron chi connectivity index (χ1n) is 19.3. The third-order valence-corrected chi connectivity index (χ3v) is 10.9. The Morgan fingerprint density at radius 2 is 1.47 bits per heavy atom. The van der Waals surface area contributed by atoms with Gasteiger partial charge in [0, 0.05) is 42.5 Å². The van der Waals surface area contributed by atoms with E-state index < -0.39 is 53.1 Å². The fourth-order valence-electron chi connectivity index (χ4n) is 7.23. The Labute approximate surface area is 338 Å². The monoisotopic (exact) mass is 797 g/mol. The molecule has 57 heavy (non-hydrogen) atoms. The van der Waals surface area contributed by atoms with Crippen LogP contribution in [0, 0.1) is 10.8 Å². The van der Waals surface area contributed by atoms with Gasteiger partial charge >= 0.3 is 12.1 Å². The van der Waals surface area contributed by atoms with Crippen molar-refractivity contribution in [2.75, 3.05) is 13.1 Å². The first-order chi connectivity index (χ1) is 27.0. The van der Waals surface area contributed by atoms with E-state index >= 15 is 0 Å². The smallest absolute Gasteiger partial charge is 0.405 e. The maximum atomic E-state index is 14.5. The SMILES string of the molecule is CC(C)(C)[C@H](NC(=O)O)C(=O)N[C@@H](Cc1ccccc1)[C@H](O)C[C@H](Cc1ccccc1)NC(=O)[C@@H](N1CCN(Cc2csc(-c3cccnc3)n2)C1=O)C(C)(C)C. The maximum absolute atomic E-state index is 14.5. The number of aliphatic hydroxyl groups is 1. The summed E-state index contributed by atoms with van der Waals surface area (Å²) in [4.78, 5) is 66.2. The first kappa shape index (κ1) is 42.8. The van der Waals surface area contributed by atoms with Gasteiger partial charge in [0.25, 0.3) is 0 Å². The van der Waals surface area contributed by atoms with E-state index in [1.165, 1.54) is 11.3 Å². The van der Waals surface area contributed by atoms with Gasteiger partial charge < -0.3 is 36.0 Å². The van der Waals surface area contributed by atoms with E-state index in [1.807, 2.05) is 98.9 Å². The summed E-state index contributed by atoms with van der Waals surface area (Å²) in [5, 5.41) is 32.7. The minimum Gasteiger partial charge on any atom is -0.465 e. The van der Waals surface area contributed by atoms with Gasteiger partial charge in [-0.25, -0.2) is 14.6 Å². The third kappa shape index (κ3) is 11.8. The van der Waals surface area contributed by atoms with Crippen molar-refractivity contribution in [2.45, 2.75) is 97.6 Å². The van der Waals surface area contributed by atoms with E-state index in [9.17, 15) is 29.4 Å². The van der Waals surface area contributed by atoms with Crippen LogP contribution in [0.1, 0.15) is 64.8 Å². The van der Waals surface area contributed by atoms with Crippen molar-refractivity contribution in [1.29, 1.82) is 0 Å². The second-order valence-electron chi connectivity index (χ2n) is 16.8. The minimum absolute atomic E-state index is 0.0605. The lowest BCUT2D eigenvalue weighted by atomic mass is 9.84. The summed E-state index contributed by atoms with van der Waals surface area (Å²) < 4.78 is 0. The van der Waals surface area contributed by atoms with E-state index in [0.717, 1.165) is 27.4 Å². The van der Waals surface area contributed by atoms with Crippen LogP contribution in [0.5, 0.6) is 0 Å². The fraction of sp³-hybridized carbons (Fsp3) is 0.442. The van der Waals surface area contributed by atoms with E-state index in [1.54, 1.807) is 43.0 Å². The van der Waals surface area contributed by atoms with Crippen molar-refractivity contribution < 1.29 is 29.4 Å². The molecule has 1 saturated heterocycles. The second kappa shape index (κ2) is 18.7. The standard InChI is InChI=1S/C43H55N7O6S/c1-42(2,3)35(48-40(54)55)37(52)47-33(23-29-16-11-8-12-17-29)34(51)24-31(22-28-14-9-7-10-15-28)45-38(53)36(43(4,5)6)50-21-20-49(41(50)56)26-32-27-57-39(46-32)30-18-13-19-44-25-30/h7-19,25,27,31,33-36,48,51H,20-24,26H2,1-6H3,(H,45,53)(H,47,52)(H,54,55)/t31-,33-,34+,35+,36+/m0/s1. The lowest BCUT2D eigenvalue weighted by Crippen LogP contribution is -2.59. The zero-order valence-electron chi connectivity index (χ0n) is 33.5. The Morgan fingerprint density at radius 3 is 2.05 bits per heavy atom. The van der Waals surface area contributed by atoms with Crippen LogP contribution < -0.4 is 16.0 Å². The number of pyridine rings is 1. The molecule has 3 heterocycles. The highest BCUT2D eigenvalue weighted by Crippen LogP contribution is 2.30. The number of carbonyl (C=O) groups is 4. The highest BCUT2D eigenvalue weighted by Gasteiger charge is 2.44. The molecule has 5 atom stereocenters. The van der Waals surface area contributed by atoms with Crippen molar-refractivity contribution in [3.63, 3.8) is 0 Å². The molecule has 0 spiro atoms. The molecule has 1 aliphatic rings. The van der Waals surface area contributed by atoms with Crippen LogP contribution in [0.25, 0.3) is 10.6 Å². The molecule has 13 nitrogen and oxygen atoms in total. The number of aliphatic hydroxyl groups excluding tert-OH is 1. The predicted octanol–water partition coefficient (Wildman–Crippen LogP) is 5.75. The molecule has 0 aliphatic carbocycles. The molecule has 14 heteroatoms. The number of urea groups is 1. The number of thiazole rings is 1. The Balaban J connectivity index is 1.36. The summed E-state index contributed by atoms with van der Waals surface area (Å²) in [7, 11) is 0. The fourth-order valence-corrected chi connectivity index (χ4v) is 8.03. The number of amides is 5. The van der Waals surface area contributed by atoms with Crippen LogP contribution in [0.15, 0.2) is 90.6 Å². The number of nitrogens with one attached hydrogen (secondary N) is 3. The normalized spacial score (nSPS) is 16.0. The van der Waals surface area contributed by atoms with Crippen LogP contribution >= 0.6 is 11.3 Å². The molecule has 0 unspecified atom stereocenters. The van der Waals surface area contributed by atoms with Gasteiger partial charge in [-0.1, -0.05) is 102 Å². The van der Waals surface area contributed by atoms with Gasteiger partial charge in [-0.2, -0.15) is 0 Å². The topological polar surface area (TPSA) is 177 Å². The Kier molecular flexibility index (Phi) is 14.1. The number of hydrogen-bond acceptors (Lipinski definition) is 8. The lowest BCUT2D eigenvalue weighted by molar-refractivity contribution is -0.130. The van der Waals surface area contributed by atoms with Crippen molar-refractivity contribution in [1.82, 2.24) is 35.7 Å². The Bertz CT molecular complexity index is 1950. The summed E-state index contributed by atoms with van der Waals surface area (Å²) in [6.07, 6.45) is 1.67. The van der Waals surface area contributed by atoms with Gasteiger partial charge in [0.05, 0.1) is 24.4 Å². The van der Waals surface area contributed by atoms with Crippen molar-refractivity contribution in [3.8, 4) is 10.6 Å². The maximum Gasteiger partial charge on any atom is 0.405 e. The molecule has 2 aromatic heterocycles. The van der Waals surface area contributed by atoms with Crippen molar-refractivity contribution in [3.05, 3.63) is 107 Å². The highest BCUT2D eigenvalue weighted by molar-refractivity contribution is 7.13. The molecule has 1 aliphatic heterocycles. The third-order valence-electron chi connectivity index (χ3n) is 10.0. The first-order valence-corrected chi connectivity index (χ1v) is 20.1. The molecule has 5 N–H and O–H groups in total. The average Bonchev–Trinajstić information content (AvgIpc) is 3.76. The van der Waals surface area contributed by atoms with Crippen LogP contribution in [-0.2, 0) is 29.0 Å².